The molecule has 0 aliphatic carbocycles. The highest BCUT2D eigenvalue weighted by Crippen LogP contribution is 2.00. The van der Waals surface area contributed by atoms with Gasteiger partial charge >= 0.3 is 6.09 Å². The van der Waals surface area contributed by atoms with Crippen LogP contribution in [-0.2, 0) is 0 Å². The molecule has 0 aliphatic rings. The van der Waals surface area contributed by atoms with Crippen LogP contribution in [-0.4, -0.2) is 29.2 Å². The van der Waals surface area contributed by atoms with Crippen LogP contribution >= 0.6 is 0 Å². The highest BCUT2D eigenvalue weighted by Gasteiger charge is 2.02. The maximum absolute atomic E-state index is 10.1. The van der Waals surface area contributed by atoms with Gasteiger partial charge in [-0.15, -0.1) is 0 Å². The zero-order chi connectivity index (χ0) is 12.6. The van der Waals surface area contributed by atoms with Crippen LogP contribution in [0.1, 0.15) is 25.0 Å². The molecule has 0 fully saturated rings. The molecule has 3 nitrogen and oxygen atoms in total. The first-order valence-corrected chi connectivity index (χ1v) is 5.52. The zero-order valence-electron chi connectivity index (χ0n) is 10.5. The van der Waals surface area contributed by atoms with Gasteiger partial charge in [-0.25, -0.2) is 4.79 Å². The van der Waals surface area contributed by atoms with Crippen molar-refractivity contribution in [2.75, 3.05) is 13.1 Å². The van der Waals surface area contributed by atoms with Gasteiger partial charge < -0.3 is 10.0 Å². The van der Waals surface area contributed by atoms with Crippen molar-refractivity contribution in [2.24, 2.45) is 0 Å². The quantitative estimate of drug-likeness (QED) is 0.835. The van der Waals surface area contributed by atoms with Gasteiger partial charge in [0, 0.05) is 13.1 Å². The first-order chi connectivity index (χ1) is 7.51. The van der Waals surface area contributed by atoms with Crippen LogP contribution in [0.15, 0.2) is 24.3 Å². The van der Waals surface area contributed by atoms with E-state index in [0.717, 1.165) is 0 Å². The molecule has 0 saturated carbocycles. The summed E-state index contributed by atoms with van der Waals surface area (Å²) in [5, 5.41) is 8.30. The number of carboxylic acid groups (broad SMARTS) is 1. The molecule has 0 saturated heterocycles. The van der Waals surface area contributed by atoms with Crippen molar-refractivity contribution >= 4 is 6.09 Å². The summed E-state index contributed by atoms with van der Waals surface area (Å²) in [5.41, 5.74) is 2.68. The highest BCUT2D eigenvalue weighted by molar-refractivity contribution is 5.64. The fraction of sp³-hybridized carbons (Fsp3) is 0.462. The summed E-state index contributed by atoms with van der Waals surface area (Å²) in [4.78, 5) is 11.4. The summed E-state index contributed by atoms with van der Waals surface area (Å²) in [6.45, 7) is 8.99. The Morgan fingerprint density at radius 3 is 1.75 bits per heavy atom. The second-order valence-electron chi connectivity index (χ2n) is 3.61. The Morgan fingerprint density at radius 2 is 1.62 bits per heavy atom. The van der Waals surface area contributed by atoms with Crippen LogP contribution in [0.5, 0.6) is 0 Å². The minimum absolute atomic E-state index is 0.575. The fourth-order valence-electron chi connectivity index (χ4n) is 1.30. The first-order valence-electron chi connectivity index (χ1n) is 5.52. The summed E-state index contributed by atoms with van der Waals surface area (Å²) >= 11 is 0. The van der Waals surface area contributed by atoms with Crippen molar-refractivity contribution in [1.82, 2.24) is 4.90 Å². The summed E-state index contributed by atoms with van der Waals surface area (Å²) in [5.74, 6) is 0. The molecule has 16 heavy (non-hydrogen) atoms. The number of hydrogen-bond donors (Lipinski definition) is 1. The van der Waals surface area contributed by atoms with E-state index in [1.165, 1.54) is 16.0 Å². The monoisotopic (exact) mass is 223 g/mol. The number of carbonyl (C=O) groups is 1. The molecule has 0 radical (unpaired) electrons. The van der Waals surface area contributed by atoms with E-state index < -0.39 is 6.09 Å². The van der Waals surface area contributed by atoms with Gasteiger partial charge in [-0.3, -0.25) is 0 Å². The predicted molar refractivity (Wildman–Crippen MR) is 66.9 cm³/mol. The second-order valence-corrected chi connectivity index (χ2v) is 3.61. The molecule has 0 unspecified atom stereocenters. The lowest BCUT2D eigenvalue weighted by molar-refractivity contribution is 0.150. The summed E-state index contributed by atoms with van der Waals surface area (Å²) in [6, 6.07) is 8.45. The Labute approximate surface area is 97.7 Å². The minimum Gasteiger partial charge on any atom is -0.465 e. The Hall–Kier alpha value is -1.51. The van der Waals surface area contributed by atoms with Gasteiger partial charge in [0.1, 0.15) is 0 Å². The van der Waals surface area contributed by atoms with E-state index in [4.69, 9.17) is 5.11 Å². The molecular formula is C13H21NO2. The van der Waals surface area contributed by atoms with Gasteiger partial charge in [0.15, 0.2) is 0 Å². The van der Waals surface area contributed by atoms with E-state index >= 15 is 0 Å². The summed E-state index contributed by atoms with van der Waals surface area (Å²) in [6.07, 6.45) is -0.838. The molecule has 0 spiro atoms. The number of rotatable bonds is 2. The van der Waals surface area contributed by atoms with E-state index in [0.29, 0.717) is 13.1 Å². The first kappa shape index (κ1) is 14.5. The molecule has 1 aromatic rings. The Morgan fingerprint density at radius 1 is 1.19 bits per heavy atom. The van der Waals surface area contributed by atoms with Gasteiger partial charge in [-0.1, -0.05) is 35.4 Å². The molecule has 3 heteroatoms. The van der Waals surface area contributed by atoms with Crippen LogP contribution in [0.25, 0.3) is 0 Å². The fourth-order valence-corrected chi connectivity index (χ4v) is 1.30. The molecule has 0 aromatic heterocycles. The van der Waals surface area contributed by atoms with E-state index in [-0.39, 0.29) is 0 Å². The SMILES string of the molecule is CCN(CC)C(=O)O.Cc1cccc(C)c1. The topological polar surface area (TPSA) is 40.5 Å². The number of aryl methyl sites for hydroxylation is 2. The average molecular weight is 223 g/mol. The summed E-state index contributed by atoms with van der Waals surface area (Å²) in [7, 11) is 0. The summed E-state index contributed by atoms with van der Waals surface area (Å²) < 4.78 is 0. The highest BCUT2D eigenvalue weighted by atomic mass is 16.4. The van der Waals surface area contributed by atoms with E-state index in [1.54, 1.807) is 0 Å². The molecular weight excluding hydrogens is 202 g/mol. The van der Waals surface area contributed by atoms with E-state index in [2.05, 4.69) is 38.1 Å². The van der Waals surface area contributed by atoms with Gasteiger partial charge in [-0.2, -0.15) is 0 Å². The Kier molecular flexibility index (Phi) is 7.01. The molecule has 1 N–H and O–H groups in total. The molecule has 1 amide bonds. The van der Waals surface area contributed by atoms with Gasteiger partial charge in [-0.05, 0) is 27.7 Å². The third-order valence-corrected chi connectivity index (χ3v) is 2.21. The predicted octanol–water partition coefficient (Wildman–Crippen LogP) is 3.31. The standard InChI is InChI=1S/C8H10.C5H11NO2/c1-7-4-3-5-8(2)6-7;1-3-6(4-2)5(7)8/h3-6H,1-2H3;3-4H2,1-2H3,(H,7,8). The molecule has 1 rings (SSSR count). The molecule has 0 bridgehead atoms. The third kappa shape index (κ3) is 6.06. The minimum atomic E-state index is -0.838. The lowest BCUT2D eigenvalue weighted by atomic mass is 10.2. The average Bonchev–Trinajstić information content (AvgIpc) is 2.19. The van der Waals surface area contributed by atoms with Crippen molar-refractivity contribution in [1.29, 1.82) is 0 Å². The van der Waals surface area contributed by atoms with Crippen molar-refractivity contribution < 1.29 is 9.90 Å². The Balaban J connectivity index is 0.000000281. The molecule has 0 heterocycles. The lowest BCUT2D eigenvalue weighted by Gasteiger charge is -2.12. The molecule has 90 valence electrons. The number of amides is 1. The van der Waals surface area contributed by atoms with Crippen molar-refractivity contribution in [3.63, 3.8) is 0 Å². The largest absolute Gasteiger partial charge is 0.465 e. The number of hydrogen-bond acceptors (Lipinski definition) is 1. The maximum atomic E-state index is 10.1. The maximum Gasteiger partial charge on any atom is 0.407 e. The van der Waals surface area contributed by atoms with Crippen LogP contribution in [0.2, 0.25) is 0 Å². The molecule has 1 aromatic carbocycles. The van der Waals surface area contributed by atoms with Gasteiger partial charge in [0.25, 0.3) is 0 Å². The van der Waals surface area contributed by atoms with Crippen LogP contribution < -0.4 is 0 Å². The lowest BCUT2D eigenvalue weighted by Crippen LogP contribution is -2.28. The van der Waals surface area contributed by atoms with E-state index in [9.17, 15) is 4.79 Å². The second kappa shape index (κ2) is 7.74. The smallest absolute Gasteiger partial charge is 0.407 e. The van der Waals surface area contributed by atoms with E-state index in [1.807, 2.05) is 13.8 Å². The van der Waals surface area contributed by atoms with Crippen LogP contribution in [0, 0.1) is 13.8 Å². The van der Waals surface area contributed by atoms with Crippen molar-refractivity contribution in [3.8, 4) is 0 Å². The number of nitrogens with zero attached hydrogens (tertiary/aromatic N) is 1. The van der Waals surface area contributed by atoms with Crippen LogP contribution in [0.4, 0.5) is 4.79 Å². The van der Waals surface area contributed by atoms with Gasteiger partial charge in [0.2, 0.25) is 0 Å². The zero-order valence-corrected chi connectivity index (χ0v) is 10.5. The Bertz CT molecular complexity index is 302. The number of benzene rings is 1. The normalized spacial score (nSPS) is 9.00. The van der Waals surface area contributed by atoms with Gasteiger partial charge in [0.05, 0.1) is 0 Å². The van der Waals surface area contributed by atoms with Crippen molar-refractivity contribution in [2.45, 2.75) is 27.7 Å². The van der Waals surface area contributed by atoms with Crippen LogP contribution in [0.3, 0.4) is 0 Å². The molecule has 0 atom stereocenters. The van der Waals surface area contributed by atoms with Crippen molar-refractivity contribution in [3.05, 3.63) is 35.4 Å². The molecule has 0 aliphatic heterocycles. The third-order valence-electron chi connectivity index (χ3n) is 2.21.